The van der Waals surface area contributed by atoms with E-state index in [2.05, 4.69) is 15.6 Å². The molecule has 19 heavy (non-hydrogen) atoms. The smallest absolute Gasteiger partial charge is 0.258 e. The number of nitrogens with one attached hydrogen (secondary N) is 2. The van der Waals surface area contributed by atoms with Gasteiger partial charge in [0.15, 0.2) is 0 Å². The lowest BCUT2D eigenvalue weighted by Gasteiger charge is -2.09. The molecule has 0 atom stereocenters. The summed E-state index contributed by atoms with van der Waals surface area (Å²) in [6.45, 7) is 0. The van der Waals surface area contributed by atoms with E-state index in [0.29, 0.717) is 27.1 Å². The molecule has 1 heterocycles. The highest BCUT2D eigenvalue weighted by Crippen LogP contribution is 2.21. The number of halogens is 2. The molecule has 0 saturated heterocycles. The number of benzene rings is 1. The Morgan fingerprint density at radius 2 is 1.89 bits per heavy atom. The Kier molecular flexibility index (Phi) is 4.24. The molecule has 0 spiro atoms. The lowest BCUT2D eigenvalue weighted by Crippen LogP contribution is -2.14. The number of nitrogens with zero attached hydrogens (tertiary/aromatic N) is 1. The van der Waals surface area contributed by atoms with Crippen molar-refractivity contribution in [3.63, 3.8) is 0 Å². The summed E-state index contributed by atoms with van der Waals surface area (Å²) >= 11 is 11.6. The number of pyridine rings is 1. The number of aromatic nitrogens is 1. The average Bonchev–Trinajstić information content (AvgIpc) is 2.41. The quantitative estimate of drug-likeness (QED) is 0.908. The van der Waals surface area contributed by atoms with Crippen molar-refractivity contribution in [1.29, 1.82) is 0 Å². The molecule has 0 aliphatic rings. The summed E-state index contributed by atoms with van der Waals surface area (Å²) in [6.07, 6.45) is 1.47. The Hall–Kier alpha value is -1.78. The van der Waals surface area contributed by atoms with Gasteiger partial charge in [-0.25, -0.2) is 4.98 Å². The summed E-state index contributed by atoms with van der Waals surface area (Å²) in [7, 11) is 1.74. The van der Waals surface area contributed by atoms with Gasteiger partial charge in [-0.3, -0.25) is 4.79 Å². The van der Waals surface area contributed by atoms with E-state index >= 15 is 0 Å². The molecule has 0 fully saturated rings. The van der Waals surface area contributed by atoms with E-state index in [1.807, 2.05) is 0 Å². The van der Waals surface area contributed by atoms with E-state index in [1.54, 1.807) is 37.4 Å². The van der Waals surface area contributed by atoms with E-state index in [1.165, 1.54) is 6.20 Å². The molecule has 2 aromatic rings. The maximum atomic E-state index is 12.1. The van der Waals surface area contributed by atoms with E-state index in [-0.39, 0.29) is 5.91 Å². The first-order valence-electron chi connectivity index (χ1n) is 5.50. The van der Waals surface area contributed by atoms with Gasteiger partial charge >= 0.3 is 0 Å². The maximum Gasteiger partial charge on any atom is 0.258 e. The third kappa shape index (κ3) is 3.36. The number of carbonyl (C=O) groups excluding carboxylic acids is 1. The standard InChI is InChI=1S/C13H11Cl2N3O/c1-16-11-4-2-8(14)6-10(11)13(19)18-12-5-3-9(15)7-17-12/h2-7,16H,1H3,(H,17,18,19). The molecule has 6 heteroatoms. The molecule has 0 radical (unpaired) electrons. The van der Waals surface area contributed by atoms with Crippen LogP contribution in [0.5, 0.6) is 0 Å². The largest absolute Gasteiger partial charge is 0.387 e. The first-order chi connectivity index (χ1) is 9.10. The predicted molar refractivity (Wildman–Crippen MR) is 78.2 cm³/mol. The minimum atomic E-state index is -0.290. The third-order valence-corrected chi connectivity index (χ3v) is 2.92. The van der Waals surface area contributed by atoms with Gasteiger partial charge in [0.05, 0.1) is 10.6 Å². The predicted octanol–water partition coefficient (Wildman–Crippen LogP) is 3.68. The summed E-state index contributed by atoms with van der Waals surface area (Å²) in [6, 6.07) is 8.33. The topological polar surface area (TPSA) is 54.0 Å². The molecule has 98 valence electrons. The zero-order valence-corrected chi connectivity index (χ0v) is 11.6. The molecule has 1 aromatic heterocycles. The molecular weight excluding hydrogens is 285 g/mol. The molecule has 0 saturated carbocycles. The highest BCUT2D eigenvalue weighted by molar-refractivity contribution is 6.31. The summed E-state index contributed by atoms with van der Waals surface area (Å²) in [4.78, 5) is 16.2. The van der Waals surface area contributed by atoms with Gasteiger partial charge < -0.3 is 10.6 Å². The Morgan fingerprint density at radius 1 is 1.16 bits per heavy atom. The maximum absolute atomic E-state index is 12.1. The SMILES string of the molecule is CNc1ccc(Cl)cc1C(=O)Nc1ccc(Cl)cn1. The fourth-order valence-electron chi connectivity index (χ4n) is 1.56. The Labute approximate surface area is 120 Å². The normalized spacial score (nSPS) is 10.1. The Balaban J connectivity index is 2.24. The minimum absolute atomic E-state index is 0.290. The zero-order valence-electron chi connectivity index (χ0n) is 10.1. The molecule has 0 aliphatic carbocycles. The lowest BCUT2D eigenvalue weighted by atomic mass is 10.1. The van der Waals surface area contributed by atoms with E-state index in [9.17, 15) is 4.79 Å². The molecule has 4 nitrogen and oxygen atoms in total. The number of hydrogen-bond acceptors (Lipinski definition) is 3. The summed E-state index contributed by atoms with van der Waals surface area (Å²) in [5.41, 5.74) is 1.14. The summed E-state index contributed by atoms with van der Waals surface area (Å²) in [5, 5.41) is 6.62. The summed E-state index contributed by atoms with van der Waals surface area (Å²) in [5.74, 6) is 0.137. The van der Waals surface area contributed by atoms with Gasteiger partial charge in [-0.05, 0) is 30.3 Å². The highest BCUT2D eigenvalue weighted by atomic mass is 35.5. The fourth-order valence-corrected chi connectivity index (χ4v) is 1.84. The average molecular weight is 296 g/mol. The molecule has 0 bridgehead atoms. The van der Waals surface area contributed by atoms with Crippen molar-refractivity contribution in [1.82, 2.24) is 4.98 Å². The number of hydrogen-bond donors (Lipinski definition) is 2. The van der Waals surface area contributed by atoms with Gasteiger partial charge in [0.25, 0.3) is 5.91 Å². The molecule has 0 aliphatic heterocycles. The second-order valence-electron chi connectivity index (χ2n) is 3.76. The van der Waals surface area contributed by atoms with Crippen molar-refractivity contribution >= 4 is 40.6 Å². The number of carbonyl (C=O) groups is 1. The van der Waals surface area contributed by atoms with Crippen molar-refractivity contribution in [2.45, 2.75) is 0 Å². The van der Waals surface area contributed by atoms with Crippen LogP contribution in [0, 0.1) is 0 Å². The van der Waals surface area contributed by atoms with Gasteiger partial charge in [0, 0.05) is 24.0 Å². The molecule has 2 N–H and O–H groups in total. The van der Waals surface area contributed by atoms with Crippen molar-refractivity contribution in [3.8, 4) is 0 Å². The van der Waals surface area contributed by atoms with E-state index in [4.69, 9.17) is 23.2 Å². The third-order valence-electron chi connectivity index (χ3n) is 2.46. The van der Waals surface area contributed by atoms with Crippen molar-refractivity contribution in [3.05, 3.63) is 52.1 Å². The minimum Gasteiger partial charge on any atom is -0.387 e. The van der Waals surface area contributed by atoms with Gasteiger partial charge in [0.2, 0.25) is 0 Å². The van der Waals surface area contributed by atoms with E-state index in [0.717, 1.165) is 0 Å². The molecule has 1 amide bonds. The van der Waals surface area contributed by atoms with Crippen LogP contribution in [0.15, 0.2) is 36.5 Å². The molecular formula is C13H11Cl2N3O. The van der Waals surface area contributed by atoms with Gasteiger partial charge in [0.1, 0.15) is 5.82 Å². The van der Waals surface area contributed by atoms with Crippen molar-refractivity contribution in [2.24, 2.45) is 0 Å². The number of anilines is 2. The second kappa shape index (κ2) is 5.91. The second-order valence-corrected chi connectivity index (χ2v) is 4.63. The van der Waals surface area contributed by atoms with Crippen LogP contribution in [0.1, 0.15) is 10.4 Å². The molecule has 2 rings (SSSR count). The van der Waals surface area contributed by atoms with Crippen LogP contribution in [0.4, 0.5) is 11.5 Å². The first-order valence-corrected chi connectivity index (χ1v) is 6.26. The van der Waals surface area contributed by atoms with Crippen molar-refractivity contribution < 1.29 is 4.79 Å². The van der Waals surface area contributed by atoms with E-state index < -0.39 is 0 Å². The molecule has 0 unspecified atom stereocenters. The first kappa shape index (κ1) is 13.6. The van der Waals surface area contributed by atoms with Crippen LogP contribution in [0.25, 0.3) is 0 Å². The van der Waals surface area contributed by atoms with Crippen LogP contribution in [0.2, 0.25) is 10.0 Å². The lowest BCUT2D eigenvalue weighted by molar-refractivity contribution is 0.102. The monoisotopic (exact) mass is 295 g/mol. The Morgan fingerprint density at radius 3 is 2.53 bits per heavy atom. The van der Waals surface area contributed by atoms with Crippen molar-refractivity contribution in [2.75, 3.05) is 17.7 Å². The van der Waals surface area contributed by atoms with Crippen LogP contribution in [-0.2, 0) is 0 Å². The molecule has 1 aromatic carbocycles. The zero-order chi connectivity index (χ0) is 13.8. The van der Waals surface area contributed by atoms with Crippen LogP contribution >= 0.6 is 23.2 Å². The van der Waals surface area contributed by atoms with Gasteiger partial charge in [-0.15, -0.1) is 0 Å². The van der Waals surface area contributed by atoms with Crippen LogP contribution in [-0.4, -0.2) is 17.9 Å². The highest BCUT2D eigenvalue weighted by Gasteiger charge is 2.12. The number of rotatable bonds is 3. The number of amides is 1. The fraction of sp³-hybridized carbons (Fsp3) is 0.0769. The summed E-state index contributed by atoms with van der Waals surface area (Å²) < 4.78 is 0. The van der Waals surface area contributed by atoms with Crippen LogP contribution < -0.4 is 10.6 Å². The van der Waals surface area contributed by atoms with Gasteiger partial charge in [-0.2, -0.15) is 0 Å². The van der Waals surface area contributed by atoms with Gasteiger partial charge in [-0.1, -0.05) is 23.2 Å². The van der Waals surface area contributed by atoms with Crippen LogP contribution in [0.3, 0.4) is 0 Å². The Bertz CT molecular complexity index is 599.